The number of amides is 1. The van der Waals surface area contributed by atoms with Crippen LogP contribution in [0.5, 0.6) is 0 Å². The number of carbonyl (C=O) groups excluding carboxylic acids is 1. The molecular formula is C15H12F2N2O. The molecule has 0 aliphatic rings. The van der Waals surface area contributed by atoms with E-state index in [2.05, 4.69) is 10.5 Å². The van der Waals surface area contributed by atoms with E-state index in [4.69, 9.17) is 0 Å². The first-order valence-electron chi connectivity index (χ1n) is 5.93. The van der Waals surface area contributed by atoms with Crippen molar-refractivity contribution in [2.24, 2.45) is 5.10 Å². The van der Waals surface area contributed by atoms with Gasteiger partial charge in [0.1, 0.15) is 11.6 Å². The Morgan fingerprint density at radius 3 is 2.35 bits per heavy atom. The van der Waals surface area contributed by atoms with Gasteiger partial charge in [0.15, 0.2) is 0 Å². The molecule has 2 aromatic rings. The monoisotopic (exact) mass is 274 g/mol. The third-order valence-electron chi connectivity index (χ3n) is 2.71. The van der Waals surface area contributed by atoms with E-state index in [1.807, 2.05) is 0 Å². The molecule has 0 aliphatic heterocycles. The second kappa shape index (κ2) is 6.06. The summed E-state index contributed by atoms with van der Waals surface area (Å²) in [6.07, 6.45) is 0. The molecule has 0 saturated carbocycles. The molecule has 2 rings (SSSR count). The average Bonchev–Trinajstić information content (AvgIpc) is 2.45. The van der Waals surface area contributed by atoms with E-state index in [1.165, 1.54) is 30.3 Å². The molecule has 0 radical (unpaired) electrons. The van der Waals surface area contributed by atoms with Crippen LogP contribution in [-0.4, -0.2) is 11.6 Å². The highest BCUT2D eigenvalue weighted by molar-refractivity contribution is 6.00. The molecule has 1 N–H and O–H groups in total. The summed E-state index contributed by atoms with van der Waals surface area (Å²) in [5, 5.41) is 3.87. The Hall–Kier alpha value is -2.56. The van der Waals surface area contributed by atoms with E-state index in [0.717, 1.165) is 0 Å². The number of rotatable bonds is 3. The van der Waals surface area contributed by atoms with Crippen molar-refractivity contribution in [2.45, 2.75) is 6.92 Å². The predicted molar refractivity (Wildman–Crippen MR) is 72.5 cm³/mol. The Kier molecular flexibility index (Phi) is 4.20. The highest BCUT2D eigenvalue weighted by Gasteiger charge is 2.09. The fourth-order valence-electron chi connectivity index (χ4n) is 1.60. The fourth-order valence-corrected chi connectivity index (χ4v) is 1.60. The molecule has 0 heterocycles. The zero-order valence-electron chi connectivity index (χ0n) is 10.7. The van der Waals surface area contributed by atoms with Crippen LogP contribution in [0, 0.1) is 11.6 Å². The summed E-state index contributed by atoms with van der Waals surface area (Å²) in [7, 11) is 0. The summed E-state index contributed by atoms with van der Waals surface area (Å²) in [6.45, 7) is 1.66. The molecule has 0 atom stereocenters. The minimum atomic E-state index is -0.635. The van der Waals surface area contributed by atoms with Gasteiger partial charge in [-0.2, -0.15) is 5.10 Å². The summed E-state index contributed by atoms with van der Waals surface area (Å²) >= 11 is 0. The molecule has 0 bridgehead atoms. The van der Waals surface area contributed by atoms with E-state index < -0.39 is 11.7 Å². The third-order valence-corrected chi connectivity index (χ3v) is 2.71. The van der Waals surface area contributed by atoms with Gasteiger partial charge in [0.05, 0.1) is 11.3 Å². The number of halogens is 2. The number of hydrogen-bond donors (Lipinski definition) is 1. The molecule has 5 heteroatoms. The molecule has 0 unspecified atom stereocenters. The van der Waals surface area contributed by atoms with Crippen LogP contribution in [0.4, 0.5) is 8.78 Å². The van der Waals surface area contributed by atoms with Crippen LogP contribution < -0.4 is 5.43 Å². The lowest BCUT2D eigenvalue weighted by Gasteiger charge is -2.03. The zero-order chi connectivity index (χ0) is 14.5. The summed E-state index contributed by atoms with van der Waals surface area (Å²) in [5.74, 6) is -1.60. The Balaban J connectivity index is 2.11. The highest BCUT2D eigenvalue weighted by atomic mass is 19.1. The molecule has 0 aliphatic carbocycles. The quantitative estimate of drug-likeness (QED) is 0.678. The molecule has 102 valence electrons. The maximum Gasteiger partial charge on any atom is 0.274 e. The molecule has 20 heavy (non-hydrogen) atoms. The van der Waals surface area contributed by atoms with Crippen molar-refractivity contribution < 1.29 is 13.6 Å². The Bertz CT molecular complexity index is 651. The lowest BCUT2D eigenvalue weighted by atomic mass is 10.1. The van der Waals surface area contributed by atoms with Gasteiger partial charge in [-0.3, -0.25) is 4.79 Å². The fraction of sp³-hybridized carbons (Fsp3) is 0.0667. The Morgan fingerprint density at radius 2 is 1.70 bits per heavy atom. The number of benzene rings is 2. The number of nitrogens with one attached hydrogen (secondary N) is 1. The van der Waals surface area contributed by atoms with Crippen molar-refractivity contribution in [3.8, 4) is 0 Å². The minimum Gasteiger partial charge on any atom is -0.267 e. The van der Waals surface area contributed by atoms with Gasteiger partial charge in [-0.15, -0.1) is 0 Å². The molecule has 3 nitrogen and oxygen atoms in total. The summed E-state index contributed by atoms with van der Waals surface area (Å²) in [6, 6.07) is 11.3. The van der Waals surface area contributed by atoms with Crippen LogP contribution in [0.2, 0.25) is 0 Å². The predicted octanol–water partition coefficient (Wildman–Crippen LogP) is 3.12. The van der Waals surface area contributed by atoms with E-state index in [1.54, 1.807) is 25.1 Å². The van der Waals surface area contributed by atoms with Crippen LogP contribution in [-0.2, 0) is 0 Å². The van der Waals surface area contributed by atoms with Crippen molar-refractivity contribution >= 4 is 11.6 Å². The number of carbonyl (C=O) groups is 1. The summed E-state index contributed by atoms with van der Waals surface area (Å²) in [5.41, 5.74) is 3.35. The second-order valence-corrected chi connectivity index (χ2v) is 4.12. The van der Waals surface area contributed by atoms with E-state index >= 15 is 0 Å². The lowest BCUT2D eigenvalue weighted by molar-refractivity contribution is 0.0951. The van der Waals surface area contributed by atoms with Gasteiger partial charge in [-0.25, -0.2) is 14.2 Å². The van der Waals surface area contributed by atoms with Crippen molar-refractivity contribution in [1.29, 1.82) is 0 Å². The van der Waals surface area contributed by atoms with Gasteiger partial charge in [0.2, 0.25) is 0 Å². The van der Waals surface area contributed by atoms with E-state index in [9.17, 15) is 13.6 Å². The molecule has 0 spiro atoms. The van der Waals surface area contributed by atoms with Gasteiger partial charge in [0, 0.05) is 0 Å². The highest BCUT2D eigenvalue weighted by Crippen LogP contribution is 2.07. The average molecular weight is 274 g/mol. The SMILES string of the molecule is C/C(=N\NC(=O)c1ccccc1F)c1ccc(F)cc1. The van der Waals surface area contributed by atoms with Crippen LogP contribution in [0.15, 0.2) is 53.6 Å². The standard InChI is InChI=1S/C15H12F2N2O/c1-10(11-6-8-12(16)9-7-11)18-19-15(20)13-4-2-3-5-14(13)17/h2-9H,1H3,(H,19,20)/b18-10+. The van der Waals surface area contributed by atoms with Crippen LogP contribution in [0.3, 0.4) is 0 Å². The van der Waals surface area contributed by atoms with Gasteiger partial charge in [-0.05, 0) is 36.8 Å². The van der Waals surface area contributed by atoms with Crippen molar-refractivity contribution in [3.05, 3.63) is 71.3 Å². The maximum atomic E-state index is 13.4. The van der Waals surface area contributed by atoms with Gasteiger partial charge < -0.3 is 0 Å². The lowest BCUT2D eigenvalue weighted by Crippen LogP contribution is -2.20. The van der Waals surface area contributed by atoms with Crippen LogP contribution in [0.25, 0.3) is 0 Å². The van der Waals surface area contributed by atoms with Crippen LogP contribution >= 0.6 is 0 Å². The first-order valence-corrected chi connectivity index (χ1v) is 5.93. The second-order valence-electron chi connectivity index (χ2n) is 4.12. The van der Waals surface area contributed by atoms with E-state index in [0.29, 0.717) is 11.3 Å². The number of hydrogen-bond acceptors (Lipinski definition) is 2. The van der Waals surface area contributed by atoms with E-state index in [-0.39, 0.29) is 11.4 Å². The molecule has 0 fully saturated rings. The summed E-state index contributed by atoms with van der Waals surface area (Å²) in [4.78, 5) is 11.7. The number of nitrogens with zero attached hydrogens (tertiary/aromatic N) is 1. The maximum absolute atomic E-state index is 13.4. The van der Waals surface area contributed by atoms with Gasteiger partial charge in [0.25, 0.3) is 5.91 Å². The zero-order valence-corrected chi connectivity index (χ0v) is 10.7. The normalized spacial score (nSPS) is 11.2. The topological polar surface area (TPSA) is 41.5 Å². The summed E-state index contributed by atoms with van der Waals surface area (Å²) < 4.78 is 26.2. The Labute approximate surface area is 114 Å². The minimum absolute atomic E-state index is 0.0804. The molecule has 0 saturated heterocycles. The largest absolute Gasteiger partial charge is 0.274 e. The molecule has 0 aromatic heterocycles. The molecule has 1 amide bonds. The number of hydrazone groups is 1. The van der Waals surface area contributed by atoms with Crippen LogP contribution in [0.1, 0.15) is 22.8 Å². The van der Waals surface area contributed by atoms with Crippen molar-refractivity contribution in [2.75, 3.05) is 0 Å². The van der Waals surface area contributed by atoms with Crippen molar-refractivity contribution in [1.82, 2.24) is 5.43 Å². The first kappa shape index (κ1) is 13.9. The third kappa shape index (κ3) is 3.26. The molecular weight excluding hydrogens is 262 g/mol. The molecule has 2 aromatic carbocycles. The van der Waals surface area contributed by atoms with Crippen molar-refractivity contribution in [3.63, 3.8) is 0 Å². The first-order chi connectivity index (χ1) is 9.58. The smallest absolute Gasteiger partial charge is 0.267 e. The van der Waals surface area contributed by atoms with Gasteiger partial charge >= 0.3 is 0 Å². The van der Waals surface area contributed by atoms with Gasteiger partial charge in [-0.1, -0.05) is 24.3 Å². The Morgan fingerprint density at radius 1 is 1.05 bits per heavy atom.